The third-order valence-electron chi connectivity index (χ3n) is 5.30. The Bertz CT molecular complexity index is 662. The fraction of sp³-hybridized carbons (Fsp3) is 0.667. The summed E-state index contributed by atoms with van der Waals surface area (Å²) in [7, 11) is 0. The van der Waals surface area contributed by atoms with E-state index in [-0.39, 0.29) is 0 Å². The molecule has 2 aliphatic heterocycles. The number of piperidine rings is 1. The summed E-state index contributed by atoms with van der Waals surface area (Å²) in [6.45, 7) is 6.19. The molecule has 2 aliphatic rings. The lowest BCUT2D eigenvalue weighted by Crippen LogP contribution is -2.36. The largest absolute Gasteiger partial charge is 0.379 e. The van der Waals surface area contributed by atoms with E-state index in [1.54, 1.807) is 0 Å². The van der Waals surface area contributed by atoms with Gasteiger partial charge in [0.25, 0.3) is 0 Å². The average Bonchev–Trinajstić information content (AvgIpc) is 3.01. The Balaban J connectivity index is 1.81. The molecule has 124 valence electrons. The highest BCUT2D eigenvalue weighted by molar-refractivity contribution is 5.71. The molecule has 0 radical (unpaired) electrons. The molecule has 5 heteroatoms. The lowest BCUT2D eigenvalue weighted by Gasteiger charge is -2.36. The zero-order chi connectivity index (χ0) is 15.6. The summed E-state index contributed by atoms with van der Waals surface area (Å²) in [5.74, 6) is 1.20. The van der Waals surface area contributed by atoms with Gasteiger partial charge >= 0.3 is 0 Å². The molecule has 2 unspecified atom stereocenters. The molecule has 23 heavy (non-hydrogen) atoms. The summed E-state index contributed by atoms with van der Waals surface area (Å²) in [6, 6.07) is 4.87. The first-order valence-electron chi connectivity index (χ1n) is 9.03. The van der Waals surface area contributed by atoms with Crippen LogP contribution in [0, 0.1) is 0 Å². The van der Waals surface area contributed by atoms with Gasteiger partial charge in [0.1, 0.15) is 11.3 Å². The van der Waals surface area contributed by atoms with Gasteiger partial charge in [0.15, 0.2) is 5.65 Å². The van der Waals surface area contributed by atoms with Crippen LogP contribution in [0.25, 0.3) is 11.2 Å². The summed E-state index contributed by atoms with van der Waals surface area (Å²) in [5.41, 5.74) is 2.05. The molecule has 2 atom stereocenters. The van der Waals surface area contributed by atoms with Crippen molar-refractivity contribution in [3.63, 3.8) is 0 Å². The van der Waals surface area contributed by atoms with Gasteiger partial charge in [-0.05, 0) is 50.9 Å². The van der Waals surface area contributed by atoms with Crippen LogP contribution in [0.4, 0.5) is 0 Å². The Morgan fingerprint density at radius 3 is 3.04 bits per heavy atom. The topological polar surface area (TPSA) is 43.2 Å². The molecule has 0 spiro atoms. The highest BCUT2D eigenvalue weighted by atomic mass is 16.5. The van der Waals surface area contributed by atoms with E-state index in [0.29, 0.717) is 12.1 Å². The zero-order valence-corrected chi connectivity index (χ0v) is 13.9. The summed E-state index contributed by atoms with van der Waals surface area (Å²) in [6.07, 6.45) is 7.96. The van der Waals surface area contributed by atoms with Gasteiger partial charge in [-0.1, -0.05) is 13.3 Å². The van der Waals surface area contributed by atoms with Gasteiger partial charge < -0.3 is 9.30 Å². The Hall–Kier alpha value is -1.46. The van der Waals surface area contributed by atoms with E-state index < -0.39 is 0 Å². The van der Waals surface area contributed by atoms with Crippen LogP contribution >= 0.6 is 0 Å². The monoisotopic (exact) mass is 314 g/mol. The molecular formula is C18H26N4O. The quantitative estimate of drug-likeness (QED) is 0.871. The first-order valence-corrected chi connectivity index (χ1v) is 9.03. The normalized spacial score (nSPS) is 26.7. The van der Waals surface area contributed by atoms with Crippen molar-refractivity contribution in [1.82, 2.24) is 19.4 Å². The Labute approximate surface area is 137 Å². The van der Waals surface area contributed by atoms with Crippen molar-refractivity contribution in [2.45, 2.75) is 51.1 Å². The second kappa shape index (κ2) is 6.57. The number of likely N-dealkylation sites (tertiary alicyclic amines) is 1. The van der Waals surface area contributed by atoms with Crippen LogP contribution in [0.3, 0.4) is 0 Å². The predicted octanol–water partition coefficient (Wildman–Crippen LogP) is 3.33. The Kier molecular flexibility index (Phi) is 4.31. The van der Waals surface area contributed by atoms with Crippen molar-refractivity contribution in [3.05, 3.63) is 24.2 Å². The van der Waals surface area contributed by atoms with Crippen molar-refractivity contribution in [2.24, 2.45) is 0 Å². The van der Waals surface area contributed by atoms with Crippen LogP contribution in [0.5, 0.6) is 0 Å². The molecule has 2 saturated heterocycles. The molecule has 2 fully saturated rings. The number of hydrogen-bond donors (Lipinski definition) is 0. The predicted molar refractivity (Wildman–Crippen MR) is 90.5 cm³/mol. The smallest absolute Gasteiger partial charge is 0.160 e. The van der Waals surface area contributed by atoms with Crippen molar-refractivity contribution in [2.75, 3.05) is 26.3 Å². The van der Waals surface area contributed by atoms with Crippen LogP contribution in [0.15, 0.2) is 18.3 Å². The number of nitrogens with zero attached hydrogens (tertiary/aromatic N) is 4. The second-order valence-corrected chi connectivity index (χ2v) is 6.70. The van der Waals surface area contributed by atoms with Crippen molar-refractivity contribution in [1.29, 1.82) is 0 Å². The Morgan fingerprint density at radius 1 is 1.26 bits per heavy atom. The number of ether oxygens (including phenoxy) is 1. The maximum absolute atomic E-state index is 5.76. The lowest BCUT2D eigenvalue weighted by atomic mass is 10.0. The number of hydrogen-bond acceptors (Lipinski definition) is 4. The molecule has 0 bridgehead atoms. The third kappa shape index (κ3) is 2.76. The van der Waals surface area contributed by atoms with Crippen molar-refractivity contribution >= 4 is 11.2 Å². The minimum Gasteiger partial charge on any atom is -0.379 e. The van der Waals surface area contributed by atoms with E-state index in [2.05, 4.69) is 27.4 Å². The standard InChI is InChI=1S/C18H26N4O/c1-2-21-11-4-3-9-16(21)18-20-15-8-5-10-19-17(15)22(18)14-7-6-12-23-13-14/h5,8,10,14,16H,2-4,6-7,9,11-13H2,1H3. The molecule has 4 heterocycles. The molecule has 2 aromatic rings. The SMILES string of the molecule is CCN1CCCCC1c1nc2cccnc2n1C1CCCOC1. The van der Waals surface area contributed by atoms with Gasteiger partial charge in [0.05, 0.1) is 18.7 Å². The van der Waals surface area contributed by atoms with Gasteiger partial charge in [-0.3, -0.25) is 4.90 Å². The maximum Gasteiger partial charge on any atom is 0.160 e. The van der Waals surface area contributed by atoms with Crippen molar-refractivity contribution < 1.29 is 4.74 Å². The molecule has 0 saturated carbocycles. The van der Waals surface area contributed by atoms with E-state index in [1.807, 2.05) is 12.3 Å². The zero-order valence-electron chi connectivity index (χ0n) is 13.9. The average molecular weight is 314 g/mol. The molecule has 0 amide bonds. The molecular weight excluding hydrogens is 288 g/mol. The van der Waals surface area contributed by atoms with Crippen LogP contribution in [0.2, 0.25) is 0 Å². The molecule has 0 aromatic carbocycles. The van der Waals surface area contributed by atoms with E-state index in [0.717, 1.165) is 43.8 Å². The van der Waals surface area contributed by atoms with E-state index in [1.165, 1.54) is 31.6 Å². The van der Waals surface area contributed by atoms with Gasteiger partial charge in [0.2, 0.25) is 0 Å². The van der Waals surface area contributed by atoms with Crippen LogP contribution < -0.4 is 0 Å². The van der Waals surface area contributed by atoms with Gasteiger partial charge in [0, 0.05) is 12.8 Å². The lowest BCUT2D eigenvalue weighted by molar-refractivity contribution is 0.0558. The third-order valence-corrected chi connectivity index (χ3v) is 5.30. The summed E-state index contributed by atoms with van der Waals surface area (Å²) in [4.78, 5) is 12.2. The first-order chi connectivity index (χ1) is 11.4. The molecule has 2 aromatic heterocycles. The van der Waals surface area contributed by atoms with Gasteiger partial charge in [-0.15, -0.1) is 0 Å². The molecule has 0 aliphatic carbocycles. The van der Waals surface area contributed by atoms with E-state index in [9.17, 15) is 0 Å². The minimum absolute atomic E-state index is 0.374. The van der Waals surface area contributed by atoms with Crippen molar-refractivity contribution in [3.8, 4) is 0 Å². The maximum atomic E-state index is 5.76. The van der Waals surface area contributed by atoms with Crippen LogP contribution in [-0.2, 0) is 4.74 Å². The van der Waals surface area contributed by atoms with Gasteiger partial charge in [-0.25, -0.2) is 9.97 Å². The van der Waals surface area contributed by atoms with Crippen LogP contribution in [0.1, 0.15) is 56.9 Å². The fourth-order valence-corrected chi connectivity index (χ4v) is 4.13. The highest BCUT2D eigenvalue weighted by Crippen LogP contribution is 2.35. The minimum atomic E-state index is 0.374. The molecule has 0 N–H and O–H groups in total. The molecule has 4 rings (SSSR count). The Morgan fingerprint density at radius 2 is 2.22 bits per heavy atom. The number of rotatable bonds is 3. The van der Waals surface area contributed by atoms with E-state index in [4.69, 9.17) is 9.72 Å². The summed E-state index contributed by atoms with van der Waals surface area (Å²) < 4.78 is 8.16. The fourth-order valence-electron chi connectivity index (χ4n) is 4.13. The number of imidazole rings is 1. The highest BCUT2D eigenvalue weighted by Gasteiger charge is 2.31. The number of aromatic nitrogens is 3. The van der Waals surface area contributed by atoms with E-state index >= 15 is 0 Å². The summed E-state index contributed by atoms with van der Waals surface area (Å²) >= 11 is 0. The summed E-state index contributed by atoms with van der Waals surface area (Å²) in [5, 5.41) is 0. The number of pyridine rings is 1. The number of fused-ring (bicyclic) bond motifs is 1. The second-order valence-electron chi connectivity index (χ2n) is 6.70. The first kappa shape index (κ1) is 15.1. The molecule has 5 nitrogen and oxygen atoms in total. The van der Waals surface area contributed by atoms with Gasteiger partial charge in [-0.2, -0.15) is 0 Å². The van der Waals surface area contributed by atoms with Crippen LogP contribution in [-0.4, -0.2) is 45.7 Å².